The van der Waals surface area contributed by atoms with Crippen molar-refractivity contribution in [3.05, 3.63) is 51.5 Å². The van der Waals surface area contributed by atoms with E-state index in [9.17, 15) is 0 Å². The Morgan fingerprint density at radius 3 is 2.52 bits per heavy atom. The van der Waals surface area contributed by atoms with Gasteiger partial charge in [-0.3, -0.25) is 9.89 Å². The van der Waals surface area contributed by atoms with Crippen LogP contribution in [0.5, 0.6) is 0 Å². The average Bonchev–Trinajstić information content (AvgIpc) is 3.19. The Hall–Kier alpha value is -1.23. The molecule has 1 aliphatic rings. The number of benzene rings is 1. The third-order valence-electron chi connectivity index (χ3n) is 4.79. The summed E-state index contributed by atoms with van der Waals surface area (Å²) in [6, 6.07) is 8.61. The topological polar surface area (TPSA) is 61.8 Å². The van der Waals surface area contributed by atoms with Crippen molar-refractivity contribution in [1.82, 2.24) is 20.5 Å². The molecule has 0 bridgehead atoms. The monoisotopic (exact) mass is 529 g/mol. The normalized spacial score (nSPS) is 15.2. The minimum atomic E-state index is 0. The summed E-state index contributed by atoms with van der Waals surface area (Å²) in [5, 5.41) is 10.1. The van der Waals surface area contributed by atoms with E-state index < -0.39 is 0 Å². The second kappa shape index (κ2) is 12.5. The maximum atomic E-state index is 5.46. The summed E-state index contributed by atoms with van der Waals surface area (Å²) in [4.78, 5) is 11.5. The Bertz CT molecular complexity index is 774. The average molecular weight is 529 g/mol. The highest BCUT2D eigenvalue weighted by atomic mass is 127. The predicted octanol–water partition coefficient (Wildman–Crippen LogP) is 3.58. The van der Waals surface area contributed by atoms with Gasteiger partial charge in [0.25, 0.3) is 0 Å². The third-order valence-corrected chi connectivity index (χ3v) is 5.98. The van der Waals surface area contributed by atoms with Crippen LogP contribution in [-0.4, -0.2) is 49.2 Å². The molecule has 1 fully saturated rings. The molecule has 160 valence electrons. The quantitative estimate of drug-likeness (QED) is 0.326. The summed E-state index contributed by atoms with van der Waals surface area (Å²) in [6.07, 6.45) is 0. The molecular weight excluding hydrogens is 497 g/mol. The standard InChI is InChI=1S/C21H31N5OS.HI/c1-16(2)20-25-19(15-28-20)13-24-21(22-3)23-12-17-6-4-5-7-18(17)14-26-8-10-27-11-9-26;/h4-7,15-16H,8-14H2,1-3H3,(H2,22,23,24);1H. The van der Waals surface area contributed by atoms with E-state index >= 15 is 0 Å². The zero-order chi connectivity index (χ0) is 19.8. The van der Waals surface area contributed by atoms with Crippen LogP contribution in [0, 0.1) is 0 Å². The summed E-state index contributed by atoms with van der Waals surface area (Å²) in [7, 11) is 1.80. The van der Waals surface area contributed by atoms with Crippen molar-refractivity contribution in [2.45, 2.75) is 39.4 Å². The number of hydrogen-bond donors (Lipinski definition) is 2. The van der Waals surface area contributed by atoms with E-state index in [0.717, 1.165) is 51.0 Å². The maximum Gasteiger partial charge on any atom is 0.191 e. The molecule has 2 N–H and O–H groups in total. The number of halogens is 1. The van der Waals surface area contributed by atoms with Crippen molar-refractivity contribution in [2.24, 2.45) is 4.99 Å². The molecule has 1 aromatic heterocycles. The molecule has 2 heterocycles. The van der Waals surface area contributed by atoms with Crippen LogP contribution in [0.25, 0.3) is 0 Å². The van der Waals surface area contributed by atoms with E-state index in [1.165, 1.54) is 16.1 Å². The van der Waals surface area contributed by atoms with Gasteiger partial charge in [-0.15, -0.1) is 35.3 Å². The molecule has 1 saturated heterocycles. The second-order valence-electron chi connectivity index (χ2n) is 7.27. The Morgan fingerprint density at radius 2 is 1.86 bits per heavy atom. The molecule has 0 radical (unpaired) electrons. The number of thiazole rings is 1. The van der Waals surface area contributed by atoms with E-state index in [1.54, 1.807) is 18.4 Å². The van der Waals surface area contributed by atoms with Gasteiger partial charge in [0.2, 0.25) is 0 Å². The lowest BCUT2D eigenvalue weighted by atomic mass is 10.1. The van der Waals surface area contributed by atoms with Gasteiger partial charge in [-0.05, 0) is 11.1 Å². The Balaban J connectivity index is 0.00000300. The number of hydrogen-bond acceptors (Lipinski definition) is 5. The molecular formula is C21H32IN5OS. The fourth-order valence-corrected chi connectivity index (χ4v) is 3.96. The van der Waals surface area contributed by atoms with Crippen molar-refractivity contribution in [2.75, 3.05) is 33.4 Å². The van der Waals surface area contributed by atoms with Gasteiger partial charge in [-0.1, -0.05) is 38.1 Å². The number of nitrogens with zero attached hydrogens (tertiary/aromatic N) is 3. The zero-order valence-corrected chi connectivity index (χ0v) is 20.6. The largest absolute Gasteiger partial charge is 0.379 e. The number of guanidine groups is 1. The van der Waals surface area contributed by atoms with Crippen LogP contribution >= 0.6 is 35.3 Å². The lowest BCUT2D eigenvalue weighted by Crippen LogP contribution is -2.37. The number of rotatable bonds is 7. The highest BCUT2D eigenvalue weighted by Crippen LogP contribution is 2.19. The molecule has 0 amide bonds. The second-order valence-corrected chi connectivity index (χ2v) is 8.16. The van der Waals surface area contributed by atoms with Gasteiger partial charge < -0.3 is 15.4 Å². The molecule has 0 atom stereocenters. The molecule has 29 heavy (non-hydrogen) atoms. The summed E-state index contributed by atoms with van der Waals surface area (Å²) in [5.74, 6) is 1.26. The van der Waals surface area contributed by atoms with E-state index in [2.05, 4.69) is 69.0 Å². The van der Waals surface area contributed by atoms with E-state index in [0.29, 0.717) is 12.5 Å². The highest BCUT2D eigenvalue weighted by molar-refractivity contribution is 14.0. The maximum absolute atomic E-state index is 5.46. The molecule has 1 aromatic carbocycles. The molecule has 8 heteroatoms. The third kappa shape index (κ3) is 7.51. The minimum Gasteiger partial charge on any atom is -0.379 e. The molecule has 3 rings (SSSR count). The van der Waals surface area contributed by atoms with Crippen molar-refractivity contribution in [3.8, 4) is 0 Å². The molecule has 0 saturated carbocycles. The molecule has 0 aliphatic carbocycles. The first-order valence-electron chi connectivity index (χ1n) is 9.91. The van der Waals surface area contributed by atoms with Crippen molar-refractivity contribution >= 4 is 41.3 Å². The van der Waals surface area contributed by atoms with Crippen LogP contribution in [0.2, 0.25) is 0 Å². The number of nitrogens with one attached hydrogen (secondary N) is 2. The molecule has 2 aromatic rings. The number of aromatic nitrogens is 1. The lowest BCUT2D eigenvalue weighted by Gasteiger charge is -2.27. The van der Waals surface area contributed by atoms with E-state index in [-0.39, 0.29) is 24.0 Å². The minimum absolute atomic E-state index is 0. The number of ether oxygens (including phenoxy) is 1. The SMILES string of the molecule is CN=C(NCc1csc(C(C)C)n1)NCc1ccccc1CN1CCOCC1.I. The fourth-order valence-electron chi connectivity index (χ4n) is 3.13. The van der Waals surface area contributed by atoms with E-state index in [4.69, 9.17) is 4.74 Å². The van der Waals surface area contributed by atoms with Gasteiger partial charge in [0, 0.05) is 44.5 Å². The molecule has 1 aliphatic heterocycles. The molecule has 0 spiro atoms. The smallest absolute Gasteiger partial charge is 0.191 e. The van der Waals surface area contributed by atoms with Crippen LogP contribution < -0.4 is 10.6 Å². The number of aliphatic imine (C=N–C) groups is 1. The zero-order valence-electron chi connectivity index (χ0n) is 17.5. The summed E-state index contributed by atoms with van der Waals surface area (Å²) >= 11 is 1.72. The number of morpholine rings is 1. The van der Waals surface area contributed by atoms with Gasteiger partial charge >= 0.3 is 0 Å². The summed E-state index contributed by atoms with van der Waals surface area (Å²) < 4.78 is 5.46. The first-order chi connectivity index (χ1) is 13.7. The van der Waals surface area contributed by atoms with Crippen LogP contribution in [0.1, 0.15) is 41.6 Å². The Labute approximate surface area is 195 Å². The van der Waals surface area contributed by atoms with Crippen LogP contribution in [0.15, 0.2) is 34.6 Å². The molecule has 6 nitrogen and oxygen atoms in total. The lowest BCUT2D eigenvalue weighted by molar-refractivity contribution is 0.0341. The van der Waals surface area contributed by atoms with Crippen LogP contribution in [0.3, 0.4) is 0 Å². The van der Waals surface area contributed by atoms with Gasteiger partial charge in [0.05, 0.1) is 30.5 Å². The summed E-state index contributed by atoms with van der Waals surface area (Å²) in [6.45, 7) is 10.4. The van der Waals surface area contributed by atoms with Crippen molar-refractivity contribution in [3.63, 3.8) is 0 Å². The Morgan fingerprint density at radius 1 is 1.17 bits per heavy atom. The fraction of sp³-hybridized carbons (Fsp3) is 0.524. The highest BCUT2D eigenvalue weighted by Gasteiger charge is 2.13. The van der Waals surface area contributed by atoms with Gasteiger partial charge in [0.1, 0.15) is 0 Å². The van der Waals surface area contributed by atoms with E-state index in [1.807, 2.05) is 0 Å². The van der Waals surface area contributed by atoms with Crippen molar-refractivity contribution in [1.29, 1.82) is 0 Å². The van der Waals surface area contributed by atoms with Gasteiger partial charge in [-0.2, -0.15) is 0 Å². The molecule has 0 unspecified atom stereocenters. The van der Waals surface area contributed by atoms with Crippen molar-refractivity contribution < 1.29 is 4.74 Å². The Kier molecular flexibility index (Phi) is 10.3. The van der Waals surface area contributed by atoms with Gasteiger partial charge in [0.15, 0.2) is 5.96 Å². The van der Waals surface area contributed by atoms with Gasteiger partial charge in [-0.25, -0.2) is 4.98 Å². The predicted molar refractivity (Wildman–Crippen MR) is 131 cm³/mol. The summed E-state index contributed by atoms with van der Waals surface area (Å²) in [5.41, 5.74) is 3.71. The first-order valence-corrected chi connectivity index (χ1v) is 10.8. The first kappa shape index (κ1) is 24.0. The van der Waals surface area contributed by atoms with Crippen LogP contribution in [-0.2, 0) is 24.4 Å². The van der Waals surface area contributed by atoms with Crippen LogP contribution in [0.4, 0.5) is 0 Å².